The third-order valence-electron chi connectivity index (χ3n) is 1.89. The molecule has 2 N–H and O–H groups in total. The Bertz CT molecular complexity index is 339. The fourth-order valence-corrected chi connectivity index (χ4v) is 2.01. The van der Waals surface area contributed by atoms with Crippen molar-refractivity contribution in [1.82, 2.24) is 0 Å². The summed E-state index contributed by atoms with van der Waals surface area (Å²) in [6.07, 6.45) is -0.391. The predicted molar refractivity (Wildman–Crippen MR) is 57.3 cm³/mol. The minimum atomic E-state index is -3.78. The van der Waals surface area contributed by atoms with Gasteiger partial charge in [-0.1, -0.05) is 0 Å². The van der Waals surface area contributed by atoms with Crippen molar-refractivity contribution in [2.24, 2.45) is 0 Å². The van der Waals surface area contributed by atoms with Crippen LogP contribution in [0.15, 0.2) is 11.2 Å². The molecule has 0 spiro atoms. The molecule has 1 unspecified atom stereocenters. The molecule has 16 heavy (non-hydrogen) atoms. The lowest BCUT2D eigenvalue weighted by molar-refractivity contribution is 0.178. The van der Waals surface area contributed by atoms with E-state index in [2.05, 4.69) is 14.0 Å². The molecule has 0 rings (SSSR count). The van der Waals surface area contributed by atoms with Crippen molar-refractivity contribution >= 4 is 7.60 Å². The van der Waals surface area contributed by atoms with E-state index in [9.17, 15) is 9.67 Å². The fraction of sp³-hybridized carbons (Fsp3) is 0.750. The zero-order chi connectivity index (χ0) is 12.8. The van der Waals surface area contributed by atoms with Crippen molar-refractivity contribution < 1.29 is 23.8 Å². The highest BCUT2D eigenvalue weighted by Gasteiger charge is 2.44. The SMILES string of the molecule is COP(=O)(OC)C([N+]#N)=C(O)CCC(C)O. The molecule has 0 aliphatic rings. The van der Waals surface area contributed by atoms with Crippen LogP contribution in [0.25, 0.3) is 4.98 Å². The second-order valence-corrected chi connectivity index (χ2v) is 5.27. The first kappa shape index (κ1) is 15.1. The van der Waals surface area contributed by atoms with Crippen molar-refractivity contribution in [2.45, 2.75) is 25.9 Å². The Hall–Kier alpha value is -0.930. The van der Waals surface area contributed by atoms with Crippen LogP contribution in [0, 0.1) is 5.39 Å². The van der Waals surface area contributed by atoms with Crippen LogP contribution in [0.5, 0.6) is 0 Å². The van der Waals surface area contributed by atoms with Crippen molar-refractivity contribution in [2.75, 3.05) is 14.2 Å². The Morgan fingerprint density at radius 3 is 2.31 bits per heavy atom. The van der Waals surface area contributed by atoms with Gasteiger partial charge < -0.3 is 19.3 Å². The highest BCUT2D eigenvalue weighted by molar-refractivity contribution is 7.58. The standard InChI is InChI=1S/C8H15N2O5P/c1-6(11)4-5-7(12)8(10-9)16(13,14-2)15-3/h6,11H,4-5H2,1-3H3/p+1. The van der Waals surface area contributed by atoms with Crippen LogP contribution in [0.1, 0.15) is 19.8 Å². The van der Waals surface area contributed by atoms with E-state index >= 15 is 0 Å². The van der Waals surface area contributed by atoms with Gasteiger partial charge >= 0.3 is 13.0 Å². The number of nitrogens with zero attached hydrogens (tertiary/aromatic N) is 2. The summed E-state index contributed by atoms with van der Waals surface area (Å²) in [5, 5.41) is 27.2. The number of rotatable bonds is 6. The zero-order valence-electron chi connectivity index (χ0n) is 9.45. The van der Waals surface area contributed by atoms with Crippen LogP contribution in [0.3, 0.4) is 0 Å². The van der Waals surface area contributed by atoms with Gasteiger partial charge in [0, 0.05) is 20.6 Å². The van der Waals surface area contributed by atoms with E-state index in [4.69, 9.17) is 10.5 Å². The molecule has 1 atom stereocenters. The van der Waals surface area contributed by atoms with Gasteiger partial charge in [-0.2, -0.15) is 0 Å². The maximum absolute atomic E-state index is 11.8. The molecule has 0 saturated heterocycles. The molecule has 8 heteroatoms. The molecular formula is C8H16N2O5P+. The molecule has 0 aromatic rings. The average molecular weight is 251 g/mol. The van der Waals surface area contributed by atoms with E-state index in [-0.39, 0.29) is 12.8 Å². The molecule has 7 nitrogen and oxygen atoms in total. The van der Waals surface area contributed by atoms with Crippen LogP contribution in [-0.4, -0.2) is 30.5 Å². The van der Waals surface area contributed by atoms with Crippen molar-refractivity contribution in [3.05, 3.63) is 16.2 Å². The second kappa shape index (κ2) is 6.61. The minimum Gasteiger partial charge on any atom is -0.505 e. The van der Waals surface area contributed by atoms with Crippen LogP contribution >= 0.6 is 7.60 Å². The molecule has 0 fully saturated rings. The van der Waals surface area contributed by atoms with E-state index in [0.717, 1.165) is 14.2 Å². The summed E-state index contributed by atoms with van der Waals surface area (Å²) in [5.74, 6) is -0.435. The Balaban J connectivity index is 5.03. The quantitative estimate of drug-likeness (QED) is 0.426. The van der Waals surface area contributed by atoms with Gasteiger partial charge in [0.05, 0.1) is 6.10 Å². The number of aliphatic hydroxyl groups is 2. The van der Waals surface area contributed by atoms with Crippen LogP contribution in [-0.2, 0) is 13.6 Å². The summed E-state index contributed by atoms with van der Waals surface area (Å²) in [6.45, 7) is 1.54. The first-order valence-electron chi connectivity index (χ1n) is 4.58. The monoisotopic (exact) mass is 251 g/mol. The molecule has 0 heterocycles. The second-order valence-electron chi connectivity index (χ2n) is 3.12. The summed E-state index contributed by atoms with van der Waals surface area (Å²) in [4.78, 5) is 2.71. The summed E-state index contributed by atoms with van der Waals surface area (Å²) in [7, 11) is -1.56. The van der Waals surface area contributed by atoms with Crippen LogP contribution in [0.2, 0.25) is 0 Å². The Morgan fingerprint density at radius 1 is 1.50 bits per heavy atom. The number of hydrogen-bond donors (Lipinski definition) is 2. The molecule has 0 aromatic carbocycles. The van der Waals surface area contributed by atoms with Gasteiger partial charge in [0.25, 0.3) is 0 Å². The van der Waals surface area contributed by atoms with Gasteiger partial charge in [-0.05, 0) is 13.3 Å². The first-order chi connectivity index (χ1) is 7.41. The summed E-state index contributed by atoms with van der Waals surface area (Å²) < 4.78 is 20.9. The largest absolute Gasteiger partial charge is 0.507 e. The van der Waals surface area contributed by atoms with E-state index < -0.39 is 24.9 Å². The predicted octanol–water partition coefficient (Wildman–Crippen LogP) is 2.21. The maximum atomic E-state index is 11.8. The highest BCUT2D eigenvalue weighted by Crippen LogP contribution is 2.56. The fourth-order valence-electron chi connectivity index (χ4n) is 0.975. The van der Waals surface area contributed by atoms with E-state index in [1.807, 2.05) is 0 Å². The van der Waals surface area contributed by atoms with Gasteiger partial charge in [0.15, 0.2) is 10.7 Å². The Kier molecular flexibility index (Phi) is 6.22. The molecule has 92 valence electrons. The average Bonchev–Trinajstić information content (AvgIpc) is 2.26. The molecule has 0 aliphatic heterocycles. The molecular weight excluding hydrogens is 235 g/mol. The molecule has 0 bridgehead atoms. The molecule has 0 saturated carbocycles. The van der Waals surface area contributed by atoms with Crippen molar-refractivity contribution in [3.8, 4) is 0 Å². The lowest BCUT2D eigenvalue weighted by Gasteiger charge is -2.07. The van der Waals surface area contributed by atoms with E-state index in [1.165, 1.54) is 6.92 Å². The zero-order valence-corrected chi connectivity index (χ0v) is 10.3. The van der Waals surface area contributed by atoms with Gasteiger partial charge in [0.2, 0.25) is 5.39 Å². The van der Waals surface area contributed by atoms with Gasteiger partial charge in [-0.15, -0.1) is 0 Å². The molecule has 0 amide bonds. The topological polar surface area (TPSA) is 104 Å². The third kappa shape index (κ3) is 3.91. The minimum absolute atomic E-state index is 0.00771. The first-order valence-corrected chi connectivity index (χ1v) is 6.13. The number of allylic oxidation sites excluding steroid dienone is 1. The molecule has 0 aromatic heterocycles. The maximum Gasteiger partial charge on any atom is 0.507 e. The van der Waals surface area contributed by atoms with Gasteiger partial charge in [0.1, 0.15) is 0 Å². The summed E-state index contributed by atoms with van der Waals surface area (Å²) in [5.41, 5.74) is -0.543. The smallest absolute Gasteiger partial charge is 0.505 e. The van der Waals surface area contributed by atoms with E-state index in [1.54, 1.807) is 0 Å². The summed E-state index contributed by atoms with van der Waals surface area (Å²) in [6, 6.07) is 0. The third-order valence-corrected chi connectivity index (χ3v) is 3.72. The van der Waals surface area contributed by atoms with Gasteiger partial charge in [-0.3, -0.25) is 0 Å². The van der Waals surface area contributed by atoms with E-state index in [0.29, 0.717) is 0 Å². The Morgan fingerprint density at radius 2 is 2.00 bits per heavy atom. The number of aliphatic hydroxyl groups excluding tert-OH is 2. The number of hydrogen-bond acceptors (Lipinski definition) is 6. The molecule has 0 radical (unpaired) electrons. The van der Waals surface area contributed by atoms with Gasteiger partial charge in [-0.25, -0.2) is 4.57 Å². The number of diazo groups is 1. The summed E-state index contributed by atoms with van der Waals surface area (Å²) >= 11 is 0. The Labute approximate surface area is 93.8 Å². The van der Waals surface area contributed by atoms with Crippen molar-refractivity contribution in [3.63, 3.8) is 0 Å². The van der Waals surface area contributed by atoms with Crippen LogP contribution < -0.4 is 0 Å². The lowest BCUT2D eigenvalue weighted by Crippen LogP contribution is -2.01. The highest BCUT2D eigenvalue weighted by atomic mass is 31.2. The normalized spacial score (nSPS) is 15.2. The lowest BCUT2D eigenvalue weighted by atomic mass is 10.2. The van der Waals surface area contributed by atoms with Crippen molar-refractivity contribution in [1.29, 1.82) is 5.39 Å². The molecule has 0 aliphatic carbocycles. The van der Waals surface area contributed by atoms with Crippen LogP contribution in [0.4, 0.5) is 0 Å².